The fourth-order valence-corrected chi connectivity index (χ4v) is 1.81. The normalized spacial score (nSPS) is 13.3. The van der Waals surface area contributed by atoms with Crippen LogP contribution < -0.4 is 15.5 Å². The number of carbonyl (C=O) groups excluding carboxylic acids is 2. The van der Waals surface area contributed by atoms with Crippen LogP contribution in [0.4, 0.5) is 16.2 Å². The van der Waals surface area contributed by atoms with Gasteiger partial charge >= 0.3 is 6.03 Å². The summed E-state index contributed by atoms with van der Waals surface area (Å²) in [4.78, 5) is 24.2. The number of anilines is 2. The highest BCUT2D eigenvalue weighted by atomic mass is 16.2. The smallest absolute Gasteiger partial charge is 0.321 e. The largest absolute Gasteiger partial charge is 0.334 e. The van der Waals surface area contributed by atoms with Crippen molar-refractivity contribution < 1.29 is 9.59 Å². The average Bonchev–Trinajstić information content (AvgIpc) is 2.34. The third-order valence-corrected chi connectivity index (χ3v) is 2.70. The summed E-state index contributed by atoms with van der Waals surface area (Å²) < 4.78 is 0. The van der Waals surface area contributed by atoms with Crippen LogP contribution >= 0.6 is 0 Å². The molecule has 0 saturated heterocycles. The zero-order valence-corrected chi connectivity index (χ0v) is 9.86. The van der Waals surface area contributed by atoms with E-state index in [9.17, 15) is 9.59 Å². The highest BCUT2D eigenvalue weighted by molar-refractivity contribution is 5.96. The van der Waals surface area contributed by atoms with Crippen LogP contribution in [0.3, 0.4) is 0 Å². The van der Waals surface area contributed by atoms with Gasteiger partial charge in [-0.25, -0.2) is 4.79 Å². The summed E-state index contributed by atoms with van der Waals surface area (Å²) in [6.45, 7) is 0.431. The van der Waals surface area contributed by atoms with Crippen molar-refractivity contribution in [1.29, 1.82) is 5.26 Å². The molecule has 0 radical (unpaired) electrons. The topological polar surface area (TPSA) is 85.2 Å². The zero-order valence-electron chi connectivity index (χ0n) is 9.86. The summed E-state index contributed by atoms with van der Waals surface area (Å²) in [5.74, 6) is -0.342. The molecule has 0 saturated carbocycles. The average molecular weight is 244 g/mol. The number of benzene rings is 1. The molecule has 18 heavy (non-hydrogen) atoms. The van der Waals surface area contributed by atoms with Crippen LogP contribution in [-0.4, -0.2) is 19.0 Å². The second-order valence-corrected chi connectivity index (χ2v) is 3.94. The molecule has 6 heteroatoms. The van der Waals surface area contributed by atoms with Gasteiger partial charge in [0.2, 0.25) is 5.91 Å². The molecule has 1 aliphatic rings. The van der Waals surface area contributed by atoms with Crippen molar-refractivity contribution in [3.63, 3.8) is 0 Å². The highest BCUT2D eigenvalue weighted by Gasteiger charge is 2.20. The predicted octanol–water partition coefficient (Wildman–Crippen LogP) is 1.20. The number of hydrogen-bond donors (Lipinski definition) is 2. The molecule has 1 heterocycles. The lowest BCUT2D eigenvalue weighted by atomic mass is 10.1. The van der Waals surface area contributed by atoms with Crippen molar-refractivity contribution in [3.8, 4) is 6.07 Å². The van der Waals surface area contributed by atoms with Crippen LogP contribution in [0.2, 0.25) is 0 Å². The van der Waals surface area contributed by atoms with Gasteiger partial charge in [0.05, 0.1) is 11.8 Å². The maximum absolute atomic E-state index is 11.4. The Hall–Kier alpha value is -2.55. The van der Waals surface area contributed by atoms with E-state index in [1.165, 1.54) is 4.90 Å². The molecule has 0 fully saturated rings. The molecule has 92 valence electrons. The molecule has 1 aliphatic heterocycles. The van der Waals surface area contributed by atoms with Crippen molar-refractivity contribution >= 4 is 23.3 Å². The Balaban J connectivity index is 2.21. The number of carbonyl (C=O) groups is 2. The first-order chi connectivity index (χ1) is 8.61. The third-order valence-electron chi connectivity index (χ3n) is 2.70. The number of rotatable bonds is 2. The Bertz CT molecular complexity index is 547. The van der Waals surface area contributed by atoms with Gasteiger partial charge < -0.3 is 10.6 Å². The summed E-state index contributed by atoms with van der Waals surface area (Å²) in [6.07, 6.45) is -0.173. The second kappa shape index (κ2) is 4.75. The highest BCUT2D eigenvalue weighted by Crippen LogP contribution is 2.26. The van der Waals surface area contributed by atoms with Crippen LogP contribution in [0.15, 0.2) is 18.2 Å². The molecule has 0 spiro atoms. The van der Waals surface area contributed by atoms with E-state index in [0.29, 0.717) is 12.2 Å². The van der Waals surface area contributed by atoms with Gasteiger partial charge in [-0.15, -0.1) is 0 Å². The molecule has 0 aliphatic carbocycles. The minimum absolute atomic E-state index is 0.149. The molecule has 0 unspecified atom stereocenters. The number of urea groups is 1. The van der Waals surface area contributed by atoms with Gasteiger partial charge in [0.25, 0.3) is 0 Å². The summed E-state index contributed by atoms with van der Waals surface area (Å²) in [5.41, 5.74) is 2.36. The Morgan fingerprint density at radius 3 is 3.11 bits per heavy atom. The maximum atomic E-state index is 11.4. The van der Waals surface area contributed by atoms with Crippen LogP contribution in [0.25, 0.3) is 0 Å². The number of hydrogen-bond acceptors (Lipinski definition) is 3. The van der Waals surface area contributed by atoms with Crippen LogP contribution in [-0.2, 0) is 11.3 Å². The maximum Gasteiger partial charge on any atom is 0.321 e. The number of nitrogens with one attached hydrogen (secondary N) is 2. The van der Waals surface area contributed by atoms with E-state index in [4.69, 9.17) is 5.26 Å². The van der Waals surface area contributed by atoms with Gasteiger partial charge in [-0.1, -0.05) is 0 Å². The number of nitrogens with zero attached hydrogens (tertiary/aromatic N) is 2. The summed E-state index contributed by atoms with van der Waals surface area (Å²) in [5, 5.41) is 13.7. The summed E-state index contributed by atoms with van der Waals surface area (Å²) in [6, 6.07) is 6.91. The Kier molecular flexibility index (Phi) is 3.15. The third kappa shape index (κ3) is 2.25. The second-order valence-electron chi connectivity index (χ2n) is 3.94. The van der Waals surface area contributed by atoms with Crippen molar-refractivity contribution in [3.05, 3.63) is 23.8 Å². The van der Waals surface area contributed by atoms with E-state index < -0.39 is 0 Å². The van der Waals surface area contributed by atoms with Gasteiger partial charge in [0, 0.05) is 19.3 Å². The van der Waals surface area contributed by atoms with E-state index in [1.54, 1.807) is 31.3 Å². The first-order valence-corrected chi connectivity index (χ1v) is 5.43. The molecule has 6 nitrogen and oxygen atoms in total. The first-order valence-electron chi connectivity index (χ1n) is 5.43. The number of fused-ring (bicyclic) bond motifs is 1. The molecule has 3 amide bonds. The summed E-state index contributed by atoms with van der Waals surface area (Å²) in [7, 11) is 1.68. The van der Waals surface area contributed by atoms with E-state index in [0.717, 1.165) is 11.3 Å². The van der Waals surface area contributed by atoms with E-state index >= 15 is 0 Å². The minimum atomic E-state index is -0.342. The van der Waals surface area contributed by atoms with Crippen molar-refractivity contribution in [2.75, 3.05) is 17.3 Å². The minimum Gasteiger partial charge on any atom is -0.334 e. The van der Waals surface area contributed by atoms with Crippen LogP contribution in [0.5, 0.6) is 0 Å². The quantitative estimate of drug-likeness (QED) is 0.819. The SMILES string of the molecule is CN1C(=O)NCc2cc(NC(=O)CC#N)ccc21. The molecular weight excluding hydrogens is 232 g/mol. The zero-order chi connectivity index (χ0) is 13.1. The fourth-order valence-electron chi connectivity index (χ4n) is 1.81. The van der Waals surface area contributed by atoms with Gasteiger partial charge in [0.15, 0.2) is 0 Å². The lowest BCUT2D eigenvalue weighted by molar-refractivity contribution is -0.115. The molecule has 0 atom stereocenters. The molecule has 0 aromatic heterocycles. The molecule has 1 aromatic rings. The summed E-state index contributed by atoms with van der Waals surface area (Å²) >= 11 is 0. The van der Waals surface area contributed by atoms with Crippen molar-refractivity contribution in [1.82, 2.24) is 5.32 Å². The monoisotopic (exact) mass is 244 g/mol. The van der Waals surface area contributed by atoms with Gasteiger partial charge in [0.1, 0.15) is 6.42 Å². The van der Waals surface area contributed by atoms with Crippen molar-refractivity contribution in [2.24, 2.45) is 0 Å². The lowest BCUT2D eigenvalue weighted by Gasteiger charge is -2.26. The van der Waals surface area contributed by atoms with Gasteiger partial charge in [-0.3, -0.25) is 9.69 Å². The Labute approximate surface area is 104 Å². The van der Waals surface area contributed by atoms with Gasteiger partial charge in [-0.2, -0.15) is 5.26 Å². The standard InChI is InChI=1S/C12H12N4O2/c1-16-10-3-2-9(15-11(17)4-5-13)6-8(10)7-14-12(16)18/h2-3,6H,4,7H2,1H3,(H,14,18)(H,15,17). The molecule has 2 rings (SSSR count). The van der Waals surface area contributed by atoms with Crippen molar-refractivity contribution in [2.45, 2.75) is 13.0 Å². The van der Waals surface area contributed by atoms with Crippen LogP contribution in [0.1, 0.15) is 12.0 Å². The Morgan fingerprint density at radius 1 is 1.61 bits per heavy atom. The number of nitriles is 1. The van der Waals surface area contributed by atoms with E-state index in [1.807, 2.05) is 0 Å². The van der Waals surface area contributed by atoms with E-state index in [-0.39, 0.29) is 18.4 Å². The first kappa shape index (κ1) is 11.9. The predicted molar refractivity (Wildman–Crippen MR) is 65.9 cm³/mol. The van der Waals surface area contributed by atoms with Crippen LogP contribution in [0, 0.1) is 11.3 Å². The number of amides is 3. The van der Waals surface area contributed by atoms with E-state index in [2.05, 4.69) is 10.6 Å². The molecular formula is C12H12N4O2. The fraction of sp³-hybridized carbons (Fsp3) is 0.250. The molecule has 2 N–H and O–H groups in total. The molecule has 0 bridgehead atoms. The lowest BCUT2D eigenvalue weighted by Crippen LogP contribution is -2.41. The Morgan fingerprint density at radius 2 is 2.39 bits per heavy atom. The van der Waals surface area contributed by atoms with Gasteiger partial charge in [-0.05, 0) is 23.8 Å². The molecule has 1 aromatic carbocycles.